The van der Waals surface area contributed by atoms with Gasteiger partial charge in [-0.05, 0) is 27.0 Å². The first-order chi connectivity index (χ1) is 7.69. The summed E-state index contributed by atoms with van der Waals surface area (Å²) < 4.78 is 7.30. The number of furan rings is 1. The van der Waals surface area contributed by atoms with Gasteiger partial charge in [-0.1, -0.05) is 0 Å². The van der Waals surface area contributed by atoms with Crippen LogP contribution in [0.3, 0.4) is 0 Å². The Labute approximate surface area is 94.5 Å². The first-order valence-corrected chi connectivity index (χ1v) is 5.28. The fourth-order valence-corrected chi connectivity index (χ4v) is 1.66. The van der Waals surface area contributed by atoms with Crippen molar-refractivity contribution in [1.29, 1.82) is 0 Å². The van der Waals surface area contributed by atoms with Crippen molar-refractivity contribution in [1.82, 2.24) is 20.1 Å². The summed E-state index contributed by atoms with van der Waals surface area (Å²) in [5, 5.41) is 7.37. The molecular formula is C11H16N4O. The number of aromatic nitrogens is 3. The van der Waals surface area contributed by atoms with Crippen molar-refractivity contribution >= 4 is 0 Å². The fourth-order valence-electron chi connectivity index (χ4n) is 1.66. The zero-order valence-electron chi connectivity index (χ0n) is 9.82. The molecule has 0 aliphatic heterocycles. The Balaban J connectivity index is 2.11. The van der Waals surface area contributed by atoms with Crippen molar-refractivity contribution in [3.05, 3.63) is 35.3 Å². The lowest BCUT2D eigenvalue weighted by molar-refractivity contribution is 0.473. The molecule has 0 bridgehead atoms. The summed E-state index contributed by atoms with van der Waals surface area (Å²) in [6, 6.07) is 2.03. The first kappa shape index (κ1) is 10.9. The number of aryl methyl sites for hydroxylation is 2. The Morgan fingerprint density at radius 2 is 2.25 bits per heavy atom. The van der Waals surface area contributed by atoms with Gasteiger partial charge in [0.05, 0.1) is 6.26 Å². The minimum atomic E-state index is 0.635. The van der Waals surface area contributed by atoms with Crippen molar-refractivity contribution in [2.24, 2.45) is 0 Å². The van der Waals surface area contributed by atoms with Crippen LogP contribution in [0.4, 0.5) is 0 Å². The van der Waals surface area contributed by atoms with Crippen LogP contribution in [0.15, 0.2) is 16.7 Å². The highest BCUT2D eigenvalue weighted by Crippen LogP contribution is 2.10. The first-order valence-electron chi connectivity index (χ1n) is 5.28. The van der Waals surface area contributed by atoms with E-state index in [1.165, 1.54) is 0 Å². The van der Waals surface area contributed by atoms with Crippen LogP contribution in [0.5, 0.6) is 0 Å². The van der Waals surface area contributed by atoms with Crippen LogP contribution >= 0.6 is 0 Å². The molecule has 0 fully saturated rings. The molecule has 0 aromatic carbocycles. The monoisotopic (exact) mass is 220 g/mol. The van der Waals surface area contributed by atoms with Gasteiger partial charge in [-0.15, -0.1) is 0 Å². The van der Waals surface area contributed by atoms with Crippen molar-refractivity contribution in [2.45, 2.75) is 26.9 Å². The molecule has 0 aliphatic rings. The summed E-state index contributed by atoms with van der Waals surface area (Å²) in [4.78, 5) is 4.25. The van der Waals surface area contributed by atoms with Crippen LogP contribution in [-0.4, -0.2) is 21.8 Å². The standard InChI is InChI=1S/C11H16N4O/c1-8-13-9(2)15(14-8)6-11-4-10(5-12-3)7-16-11/h4,7,12H,5-6H2,1-3H3. The zero-order chi connectivity index (χ0) is 11.5. The molecule has 0 amide bonds. The van der Waals surface area contributed by atoms with E-state index in [9.17, 15) is 0 Å². The number of rotatable bonds is 4. The summed E-state index contributed by atoms with van der Waals surface area (Å²) >= 11 is 0. The van der Waals surface area contributed by atoms with Crippen LogP contribution in [0.2, 0.25) is 0 Å². The number of nitrogens with zero attached hydrogens (tertiary/aromatic N) is 3. The summed E-state index contributed by atoms with van der Waals surface area (Å²) in [6.45, 7) is 5.28. The van der Waals surface area contributed by atoms with E-state index in [0.717, 1.165) is 29.5 Å². The van der Waals surface area contributed by atoms with Gasteiger partial charge in [0.25, 0.3) is 0 Å². The molecule has 2 rings (SSSR count). The highest BCUT2D eigenvalue weighted by atomic mass is 16.3. The third-order valence-electron chi connectivity index (χ3n) is 2.36. The summed E-state index contributed by atoms with van der Waals surface area (Å²) in [7, 11) is 1.91. The fraction of sp³-hybridized carbons (Fsp3) is 0.455. The molecule has 5 heteroatoms. The van der Waals surface area contributed by atoms with Gasteiger partial charge in [-0.25, -0.2) is 9.67 Å². The van der Waals surface area contributed by atoms with Gasteiger partial charge in [-0.2, -0.15) is 5.10 Å². The molecule has 16 heavy (non-hydrogen) atoms. The molecule has 0 saturated heterocycles. The second-order valence-corrected chi connectivity index (χ2v) is 3.82. The largest absolute Gasteiger partial charge is 0.467 e. The van der Waals surface area contributed by atoms with Gasteiger partial charge in [0, 0.05) is 12.1 Å². The Morgan fingerprint density at radius 1 is 1.44 bits per heavy atom. The summed E-state index contributed by atoms with van der Waals surface area (Å²) in [5.74, 6) is 2.60. The molecule has 0 aliphatic carbocycles. The van der Waals surface area contributed by atoms with Crippen LogP contribution in [0.1, 0.15) is 23.0 Å². The van der Waals surface area contributed by atoms with Crippen molar-refractivity contribution in [2.75, 3.05) is 7.05 Å². The predicted molar refractivity (Wildman–Crippen MR) is 60.1 cm³/mol. The van der Waals surface area contributed by atoms with E-state index >= 15 is 0 Å². The third-order valence-corrected chi connectivity index (χ3v) is 2.36. The topological polar surface area (TPSA) is 55.9 Å². The molecule has 5 nitrogen and oxygen atoms in total. The highest BCUT2D eigenvalue weighted by molar-refractivity contribution is 5.13. The predicted octanol–water partition coefficient (Wildman–Crippen LogP) is 1.26. The Morgan fingerprint density at radius 3 is 2.88 bits per heavy atom. The molecule has 0 atom stereocenters. The molecule has 0 spiro atoms. The van der Waals surface area contributed by atoms with Crippen LogP contribution in [0, 0.1) is 13.8 Å². The maximum atomic E-state index is 5.46. The number of hydrogen-bond acceptors (Lipinski definition) is 4. The molecule has 0 radical (unpaired) electrons. The second kappa shape index (κ2) is 4.49. The third kappa shape index (κ3) is 2.30. The average Bonchev–Trinajstić information content (AvgIpc) is 2.76. The normalized spacial score (nSPS) is 10.9. The molecule has 0 unspecified atom stereocenters. The van der Waals surface area contributed by atoms with Crippen molar-refractivity contribution in [3.63, 3.8) is 0 Å². The minimum absolute atomic E-state index is 0.635. The second-order valence-electron chi connectivity index (χ2n) is 3.82. The van der Waals surface area contributed by atoms with Gasteiger partial charge in [0.15, 0.2) is 0 Å². The number of hydrogen-bond donors (Lipinski definition) is 1. The Kier molecular flexibility index (Phi) is 3.05. The van der Waals surface area contributed by atoms with E-state index in [0.29, 0.717) is 6.54 Å². The average molecular weight is 220 g/mol. The SMILES string of the molecule is CNCc1coc(Cn2nc(C)nc2C)c1. The van der Waals surface area contributed by atoms with Crippen LogP contribution in [-0.2, 0) is 13.1 Å². The molecule has 2 heterocycles. The quantitative estimate of drug-likeness (QED) is 0.842. The van der Waals surface area contributed by atoms with Crippen LogP contribution < -0.4 is 5.32 Å². The molecule has 0 saturated carbocycles. The van der Waals surface area contributed by atoms with Gasteiger partial charge in [0.2, 0.25) is 0 Å². The molecule has 2 aromatic rings. The number of nitrogens with one attached hydrogen (secondary N) is 1. The minimum Gasteiger partial charge on any atom is -0.467 e. The highest BCUT2D eigenvalue weighted by Gasteiger charge is 2.06. The van der Waals surface area contributed by atoms with Crippen LogP contribution in [0.25, 0.3) is 0 Å². The van der Waals surface area contributed by atoms with Gasteiger partial charge in [0.1, 0.15) is 24.0 Å². The summed E-state index contributed by atoms with van der Waals surface area (Å²) in [6.07, 6.45) is 1.77. The van der Waals surface area contributed by atoms with E-state index in [1.807, 2.05) is 31.6 Å². The maximum absolute atomic E-state index is 5.46. The lowest BCUT2D eigenvalue weighted by Crippen LogP contribution is -2.04. The smallest absolute Gasteiger partial charge is 0.147 e. The molecule has 1 N–H and O–H groups in total. The van der Waals surface area contributed by atoms with E-state index in [2.05, 4.69) is 15.4 Å². The molecular weight excluding hydrogens is 204 g/mol. The van der Waals surface area contributed by atoms with Gasteiger partial charge >= 0.3 is 0 Å². The molecule has 86 valence electrons. The van der Waals surface area contributed by atoms with E-state index in [4.69, 9.17) is 4.42 Å². The molecule has 2 aromatic heterocycles. The van der Waals surface area contributed by atoms with Crippen molar-refractivity contribution < 1.29 is 4.42 Å². The van der Waals surface area contributed by atoms with Gasteiger partial charge < -0.3 is 9.73 Å². The zero-order valence-corrected chi connectivity index (χ0v) is 9.82. The Bertz CT molecular complexity index is 472. The maximum Gasteiger partial charge on any atom is 0.147 e. The van der Waals surface area contributed by atoms with Crippen molar-refractivity contribution in [3.8, 4) is 0 Å². The van der Waals surface area contributed by atoms with E-state index < -0.39 is 0 Å². The van der Waals surface area contributed by atoms with E-state index in [-0.39, 0.29) is 0 Å². The summed E-state index contributed by atoms with van der Waals surface area (Å²) in [5.41, 5.74) is 1.15. The lowest BCUT2D eigenvalue weighted by atomic mass is 10.3. The van der Waals surface area contributed by atoms with E-state index in [1.54, 1.807) is 6.26 Å². The lowest BCUT2D eigenvalue weighted by Gasteiger charge is -1.98. The van der Waals surface area contributed by atoms with Gasteiger partial charge in [-0.3, -0.25) is 0 Å². The Hall–Kier alpha value is -1.62.